The van der Waals surface area contributed by atoms with Crippen molar-refractivity contribution in [2.75, 3.05) is 6.54 Å². The Kier molecular flexibility index (Phi) is 4.80. The van der Waals surface area contributed by atoms with Crippen molar-refractivity contribution in [3.8, 4) is 0 Å². The van der Waals surface area contributed by atoms with E-state index >= 15 is 0 Å². The average molecular weight is 212 g/mol. The molecule has 0 heterocycles. The highest BCUT2D eigenvalue weighted by atomic mass is 127. The van der Waals surface area contributed by atoms with Gasteiger partial charge in [0.2, 0.25) is 0 Å². The van der Waals surface area contributed by atoms with Crippen LogP contribution in [0.15, 0.2) is 12.7 Å². The molecule has 3 N–H and O–H groups in total. The van der Waals surface area contributed by atoms with Crippen LogP contribution in [0.1, 0.15) is 0 Å². The smallest absolute Gasteiger partial charge is 0.0356 e. The largest absolute Gasteiger partial charge is 0.323 e. The summed E-state index contributed by atoms with van der Waals surface area (Å²) in [6.07, 6.45) is 1.71. The molecule has 3 heteroatoms. The summed E-state index contributed by atoms with van der Waals surface area (Å²) in [6.45, 7) is 4.31. The van der Waals surface area contributed by atoms with E-state index in [1.54, 1.807) is 6.08 Å². The summed E-state index contributed by atoms with van der Waals surface area (Å²) in [5, 5.41) is 0. The first-order valence-electron chi connectivity index (χ1n) is 2.03. The van der Waals surface area contributed by atoms with E-state index in [2.05, 4.69) is 10.1 Å². The molecular formula is C4H9IN2. The normalized spacial score (nSPS) is 13.4. The zero-order valence-electron chi connectivity index (χ0n) is 4.02. The molecular weight excluding hydrogens is 203 g/mol. The quantitative estimate of drug-likeness (QED) is 0.404. The van der Waals surface area contributed by atoms with Gasteiger partial charge < -0.3 is 5.73 Å². The molecule has 42 valence electrons. The number of nitrogens with one attached hydrogen (secondary N) is 1. The first kappa shape index (κ1) is 7.39. The minimum Gasteiger partial charge on any atom is -0.323 e. The summed E-state index contributed by atoms with van der Waals surface area (Å²) in [4.78, 5) is 0. The van der Waals surface area contributed by atoms with Crippen LogP contribution in [-0.2, 0) is 0 Å². The fourth-order valence-corrected chi connectivity index (χ4v) is 0.681. The second-order valence-electron chi connectivity index (χ2n) is 1.24. The number of hydrogen-bond acceptors (Lipinski definition) is 2. The lowest BCUT2D eigenvalue weighted by Crippen LogP contribution is -2.26. The summed E-state index contributed by atoms with van der Waals surface area (Å²) in [7, 11) is 0. The highest BCUT2D eigenvalue weighted by molar-refractivity contribution is 14.1. The maximum absolute atomic E-state index is 5.40. The van der Waals surface area contributed by atoms with Gasteiger partial charge in [0.15, 0.2) is 0 Å². The molecule has 0 fully saturated rings. The lowest BCUT2D eigenvalue weighted by atomic mass is 10.3. The van der Waals surface area contributed by atoms with E-state index in [4.69, 9.17) is 5.73 Å². The SMILES string of the molecule is C=C[C@H](N)CNI. The van der Waals surface area contributed by atoms with Gasteiger partial charge in [-0.3, -0.25) is 3.53 Å². The van der Waals surface area contributed by atoms with Crippen molar-refractivity contribution < 1.29 is 0 Å². The van der Waals surface area contributed by atoms with Gasteiger partial charge in [-0.1, -0.05) is 6.08 Å². The van der Waals surface area contributed by atoms with Gasteiger partial charge in [0.05, 0.1) is 0 Å². The standard InChI is InChI=1S/C4H9IN2/c1-2-4(6)3-7-5/h2,4,7H,1,3,6H2/t4-/m0/s1. The van der Waals surface area contributed by atoms with Gasteiger partial charge in [-0.2, -0.15) is 0 Å². The minimum atomic E-state index is 0.0944. The minimum absolute atomic E-state index is 0.0944. The van der Waals surface area contributed by atoms with Crippen molar-refractivity contribution in [3.63, 3.8) is 0 Å². The van der Waals surface area contributed by atoms with Crippen LogP contribution >= 0.6 is 22.9 Å². The second kappa shape index (κ2) is 4.55. The molecule has 0 bridgehead atoms. The third-order valence-corrected chi connectivity index (χ3v) is 1.06. The van der Waals surface area contributed by atoms with E-state index in [0.717, 1.165) is 6.54 Å². The predicted octanol–water partition coefficient (Wildman–Crippen LogP) is 0.439. The fraction of sp³-hybridized carbons (Fsp3) is 0.500. The van der Waals surface area contributed by atoms with Crippen LogP contribution in [0.4, 0.5) is 0 Å². The van der Waals surface area contributed by atoms with Crippen molar-refractivity contribution in [1.29, 1.82) is 0 Å². The summed E-state index contributed by atoms with van der Waals surface area (Å²) in [5.74, 6) is 0. The van der Waals surface area contributed by atoms with Crippen LogP contribution in [0, 0.1) is 0 Å². The molecule has 0 aliphatic carbocycles. The number of rotatable bonds is 3. The zero-order valence-corrected chi connectivity index (χ0v) is 6.18. The average Bonchev–Trinajstić information content (AvgIpc) is 1.68. The zero-order chi connectivity index (χ0) is 5.70. The van der Waals surface area contributed by atoms with Gasteiger partial charge in [0, 0.05) is 35.5 Å². The van der Waals surface area contributed by atoms with Gasteiger partial charge >= 0.3 is 0 Å². The lowest BCUT2D eigenvalue weighted by molar-refractivity contribution is 0.803. The monoisotopic (exact) mass is 212 g/mol. The molecule has 0 spiro atoms. The highest BCUT2D eigenvalue weighted by Gasteiger charge is 1.89. The summed E-state index contributed by atoms with van der Waals surface area (Å²) >= 11 is 2.05. The molecule has 1 atom stereocenters. The molecule has 0 amide bonds. The van der Waals surface area contributed by atoms with E-state index in [0.29, 0.717) is 0 Å². The molecule has 0 unspecified atom stereocenters. The van der Waals surface area contributed by atoms with Crippen molar-refractivity contribution in [1.82, 2.24) is 3.53 Å². The lowest BCUT2D eigenvalue weighted by Gasteiger charge is -1.99. The molecule has 0 aromatic heterocycles. The van der Waals surface area contributed by atoms with Crippen molar-refractivity contribution in [2.45, 2.75) is 6.04 Å². The van der Waals surface area contributed by atoms with E-state index in [9.17, 15) is 0 Å². The van der Waals surface area contributed by atoms with Gasteiger partial charge in [-0.15, -0.1) is 6.58 Å². The van der Waals surface area contributed by atoms with Gasteiger partial charge in [-0.05, 0) is 0 Å². The van der Waals surface area contributed by atoms with Crippen LogP contribution in [0.3, 0.4) is 0 Å². The molecule has 0 rings (SSSR count). The molecule has 0 radical (unpaired) electrons. The van der Waals surface area contributed by atoms with Crippen molar-refractivity contribution >= 4 is 22.9 Å². The molecule has 0 aromatic carbocycles. The van der Waals surface area contributed by atoms with Gasteiger partial charge in [0.25, 0.3) is 0 Å². The predicted molar refractivity (Wildman–Crippen MR) is 40.2 cm³/mol. The Balaban J connectivity index is 2.98. The number of hydrogen-bond donors (Lipinski definition) is 2. The second-order valence-corrected chi connectivity index (χ2v) is 2.00. The van der Waals surface area contributed by atoms with Crippen LogP contribution in [0.25, 0.3) is 0 Å². The Hall–Kier alpha value is 0.390. The fourth-order valence-electron chi connectivity index (χ4n) is 0.172. The van der Waals surface area contributed by atoms with E-state index in [1.165, 1.54) is 0 Å². The van der Waals surface area contributed by atoms with Crippen molar-refractivity contribution in [2.24, 2.45) is 5.73 Å². The number of halogens is 1. The summed E-state index contributed by atoms with van der Waals surface area (Å²) in [5.41, 5.74) is 5.40. The van der Waals surface area contributed by atoms with Gasteiger partial charge in [-0.25, -0.2) is 0 Å². The molecule has 0 saturated carbocycles. The third kappa shape index (κ3) is 4.24. The van der Waals surface area contributed by atoms with Crippen LogP contribution in [-0.4, -0.2) is 12.6 Å². The van der Waals surface area contributed by atoms with E-state index in [-0.39, 0.29) is 6.04 Å². The Morgan fingerprint density at radius 1 is 2.00 bits per heavy atom. The molecule has 0 saturated heterocycles. The van der Waals surface area contributed by atoms with Crippen molar-refractivity contribution in [3.05, 3.63) is 12.7 Å². The number of nitrogens with two attached hydrogens (primary N) is 1. The maximum Gasteiger partial charge on any atom is 0.0356 e. The molecule has 0 aliphatic heterocycles. The van der Waals surface area contributed by atoms with E-state index < -0.39 is 0 Å². The molecule has 0 aliphatic rings. The molecule has 2 nitrogen and oxygen atoms in total. The Bertz CT molecular complexity index is 55.7. The third-order valence-electron chi connectivity index (χ3n) is 0.616. The van der Waals surface area contributed by atoms with Crippen LogP contribution < -0.4 is 9.26 Å². The Morgan fingerprint density at radius 2 is 2.57 bits per heavy atom. The Morgan fingerprint density at radius 3 is 2.71 bits per heavy atom. The highest BCUT2D eigenvalue weighted by Crippen LogP contribution is 1.76. The molecule has 0 aromatic rings. The van der Waals surface area contributed by atoms with Crippen LogP contribution in [0.2, 0.25) is 0 Å². The summed E-state index contributed by atoms with van der Waals surface area (Å²) < 4.78 is 2.89. The first-order chi connectivity index (χ1) is 3.31. The van der Waals surface area contributed by atoms with E-state index in [1.807, 2.05) is 22.9 Å². The topological polar surface area (TPSA) is 38.0 Å². The van der Waals surface area contributed by atoms with Crippen LogP contribution in [0.5, 0.6) is 0 Å². The first-order valence-corrected chi connectivity index (χ1v) is 3.10. The summed E-state index contributed by atoms with van der Waals surface area (Å²) in [6, 6.07) is 0.0944. The molecule has 7 heavy (non-hydrogen) atoms. The van der Waals surface area contributed by atoms with Gasteiger partial charge in [0.1, 0.15) is 0 Å². The Labute approximate surface area is 57.7 Å². The maximum atomic E-state index is 5.40.